The molecule has 0 atom stereocenters. The number of nitrogens with zero attached hydrogens (tertiary/aromatic N) is 2. The molecule has 1 aliphatic rings. The van der Waals surface area contributed by atoms with E-state index in [2.05, 4.69) is 10.4 Å². The fraction of sp³-hybridized carbons (Fsp3) is 0.692. The first-order chi connectivity index (χ1) is 9.12. The minimum absolute atomic E-state index is 0.222. The lowest BCUT2D eigenvalue weighted by atomic mass is 10.0. The van der Waals surface area contributed by atoms with Crippen molar-refractivity contribution in [2.45, 2.75) is 32.7 Å². The Bertz CT molecular complexity index is 497. The maximum Gasteiger partial charge on any atom is 0.287 e. The quantitative estimate of drug-likeness (QED) is 0.834. The molecule has 1 aliphatic carbocycles. The van der Waals surface area contributed by atoms with Gasteiger partial charge in [0.05, 0.1) is 11.9 Å². The van der Waals surface area contributed by atoms with Crippen LogP contribution in [0.25, 0.3) is 0 Å². The first kappa shape index (κ1) is 14.3. The van der Waals surface area contributed by atoms with Gasteiger partial charge in [0.15, 0.2) is 0 Å². The van der Waals surface area contributed by atoms with Gasteiger partial charge in [-0.2, -0.15) is 5.10 Å². The minimum Gasteiger partial charge on any atom is -0.385 e. The highest BCUT2D eigenvalue weighted by atomic mass is 35.5. The fourth-order valence-corrected chi connectivity index (χ4v) is 2.32. The molecule has 0 amide bonds. The molecule has 0 bridgehead atoms. The van der Waals surface area contributed by atoms with Crippen molar-refractivity contribution in [3.8, 4) is 0 Å². The third-order valence-electron chi connectivity index (χ3n) is 3.73. The van der Waals surface area contributed by atoms with Gasteiger partial charge in [0.2, 0.25) is 0 Å². The van der Waals surface area contributed by atoms with E-state index in [1.807, 2.05) is 6.92 Å². The number of rotatable bonds is 7. The van der Waals surface area contributed by atoms with Crippen molar-refractivity contribution in [1.29, 1.82) is 0 Å². The van der Waals surface area contributed by atoms with E-state index in [4.69, 9.17) is 16.3 Å². The predicted molar refractivity (Wildman–Crippen MR) is 75.8 cm³/mol. The van der Waals surface area contributed by atoms with Crippen LogP contribution in [0.4, 0.5) is 5.69 Å². The van der Waals surface area contributed by atoms with Gasteiger partial charge in [-0.25, -0.2) is 4.68 Å². The number of methoxy groups -OCH3 is 1. The van der Waals surface area contributed by atoms with Gasteiger partial charge in [-0.05, 0) is 31.6 Å². The number of nitrogens with one attached hydrogen (secondary N) is 1. The Kier molecular flexibility index (Phi) is 4.47. The molecule has 0 aliphatic heterocycles. The van der Waals surface area contributed by atoms with Crippen molar-refractivity contribution >= 4 is 17.3 Å². The highest BCUT2D eigenvalue weighted by Gasteiger charge is 2.41. The molecule has 0 spiro atoms. The van der Waals surface area contributed by atoms with Crippen LogP contribution in [-0.4, -0.2) is 30.0 Å². The molecular formula is C13H20ClN3O2. The van der Waals surface area contributed by atoms with Crippen molar-refractivity contribution in [2.24, 2.45) is 5.41 Å². The summed E-state index contributed by atoms with van der Waals surface area (Å²) < 4.78 is 6.48. The maximum atomic E-state index is 11.8. The molecule has 0 radical (unpaired) electrons. The Morgan fingerprint density at radius 1 is 1.58 bits per heavy atom. The van der Waals surface area contributed by atoms with Crippen LogP contribution in [0.15, 0.2) is 11.0 Å². The molecule has 0 unspecified atom stereocenters. The van der Waals surface area contributed by atoms with Gasteiger partial charge in [0.1, 0.15) is 5.02 Å². The van der Waals surface area contributed by atoms with Crippen LogP contribution in [0, 0.1) is 5.41 Å². The summed E-state index contributed by atoms with van der Waals surface area (Å²) in [5, 5.41) is 7.55. The van der Waals surface area contributed by atoms with Crippen molar-refractivity contribution in [2.75, 3.05) is 25.6 Å². The summed E-state index contributed by atoms with van der Waals surface area (Å²) in [7, 11) is 1.72. The molecule has 19 heavy (non-hydrogen) atoms. The number of aromatic nitrogens is 2. The van der Waals surface area contributed by atoms with Crippen molar-refractivity contribution in [3.63, 3.8) is 0 Å². The molecule has 0 aromatic carbocycles. The van der Waals surface area contributed by atoms with Gasteiger partial charge < -0.3 is 10.1 Å². The number of ether oxygens (including phenoxy) is 1. The van der Waals surface area contributed by atoms with Crippen LogP contribution in [-0.2, 0) is 11.3 Å². The predicted octanol–water partition coefficient (Wildman–Crippen LogP) is 2.15. The molecule has 5 nitrogen and oxygen atoms in total. The lowest BCUT2D eigenvalue weighted by Crippen LogP contribution is -2.25. The number of halogens is 1. The molecule has 6 heteroatoms. The van der Waals surface area contributed by atoms with Gasteiger partial charge in [-0.1, -0.05) is 11.6 Å². The summed E-state index contributed by atoms with van der Waals surface area (Å²) in [5.41, 5.74) is 0.690. The lowest BCUT2D eigenvalue weighted by Gasteiger charge is -2.17. The minimum atomic E-state index is -0.240. The smallest absolute Gasteiger partial charge is 0.287 e. The van der Waals surface area contributed by atoms with E-state index in [-0.39, 0.29) is 10.6 Å². The van der Waals surface area contributed by atoms with Crippen molar-refractivity contribution in [3.05, 3.63) is 21.6 Å². The van der Waals surface area contributed by atoms with Crippen LogP contribution >= 0.6 is 11.6 Å². The largest absolute Gasteiger partial charge is 0.385 e. The zero-order valence-corrected chi connectivity index (χ0v) is 12.2. The third-order valence-corrected chi connectivity index (χ3v) is 4.10. The standard InChI is InChI=1S/C13H20ClN3O2/c1-3-17-12(18)11(14)10(8-16-17)15-9-13(4-5-13)6-7-19-2/h8,15H,3-7,9H2,1-2H3. The van der Waals surface area contributed by atoms with Crippen LogP contribution in [0.5, 0.6) is 0 Å². The van der Waals surface area contributed by atoms with E-state index >= 15 is 0 Å². The van der Waals surface area contributed by atoms with E-state index in [1.165, 1.54) is 17.5 Å². The van der Waals surface area contributed by atoms with Gasteiger partial charge in [0.25, 0.3) is 5.56 Å². The van der Waals surface area contributed by atoms with E-state index in [9.17, 15) is 4.79 Å². The average molecular weight is 286 g/mol. The Hall–Kier alpha value is -1.07. The van der Waals surface area contributed by atoms with Crippen LogP contribution in [0.3, 0.4) is 0 Å². The normalized spacial score (nSPS) is 16.4. The average Bonchev–Trinajstić information content (AvgIpc) is 3.19. The summed E-state index contributed by atoms with van der Waals surface area (Å²) in [4.78, 5) is 11.8. The zero-order chi connectivity index (χ0) is 13.9. The molecule has 1 N–H and O–H groups in total. The lowest BCUT2D eigenvalue weighted by molar-refractivity contribution is 0.175. The summed E-state index contributed by atoms with van der Waals surface area (Å²) in [5.74, 6) is 0. The third kappa shape index (κ3) is 3.28. The Labute approximate surface area is 117 Å². The number of aryl methyl sites for hydroxylation is 1. The molecule has 0 saturated heterocycles. The van der Waals surface area contributed by atoms with Crippen LogP contribution in [0.2, 0.25) is 5.02 Å². The van der Waals surface area contributed by atoms with E-state index in [1.54, 1.807) is 13.3 Å². The van der Waals surface area contributed by atoms with Crippen LogP contribution in [0.1, 0.15) is 26.2 Å². The summed E-state index contributed by atoms with van der Waals surface area (Å²) in [6.07, 6.45) is 5.05. The van der Waals surface area contributed by atoms with Gasteiger partial charge in [-0.15, -0.1) is 0 Å². The van der Waals surface area contributed by atoms with Gasteiger partial charge in [0, 0.05) is 26.8 Å². The molecule has 1 aromatic heterocycles. The second kappa shape index (κ2) is 5.92. The van der Waals surface area contributed by atoms with E-state index < -0.39 is 0 Å². The first-order valence-corrected chi connectivity index (χ1v) is 6.98. The highest BCUT2D eigenvalue weighted by Crippen LogP contribution is 2.48. The Morgan fingerprint density at radius 3 is 2.89 bits per heavy atom. The molecule has 2 rings (SSSR count). The van der Waals surface area contributed by atoms with E-state index in [0.29, 0.717) is 17.6 Å². The van der Waals surface area contributed by atoms with Crippen molar-refractivity contribution < 1.29 is 4.74 Å². The molecule has 1 aromatic rings. The Morgan fingerprint density at radius 2 is 2.32 bits per heavy atom. The highest BCUT2D eigenvalue weighted by molar-refractivity contribution is 6.32. The first-order valence-electron chi connectivity index (χ1n) is 6.60. The second-order valence-corrected chi connectivity index (χ2v) is 5.47. The van der Waals surface area contributed by atoms with E-state index in [0.717, 1.165) is 19.6 Å². The molecule has 1 saturated carbocycles. The molecular weight excluding hydrogens is 266 g/mol. The fourth-order valence-electron chi connectivity index (χ4n) is 2.11. The molecule has 1 heterocycles. The SMILES string of the molecule is CCn1ncc(NCC2(CCOC)CC2)c(Cl)c1=O. The topological polar surface area (TPSA) is 56.1 Å². The van der Waals surface area contributed by atoms with Gasteiger partial charge >= 0.3 is 0 Å². The Balaban J connectivity index is 2.01. The van der Waals surface area contributed by atoms with Gasteiger partial charge in [-0.3, -0.25) is 4.79 Å². The van der Waals surface area contributed by atoms with Crippen molar-refractivity contribution in [1.82, 2.24) is 9.78 Å². The van der Waals surface area contributed by atoms with Crippen LogP contribution < -0.4 is 10.9 Å². The summed E-state index contributed by atoms with van der Waals surface area (Å²) in [6, 6.07) is 0. The number of hydrogen-bond donors (Lipinski definition) is 1. The summed E-state index contributed by atoms with van der Waals surface area (Å²) in [6.45, 7) is 3.97. The summed E-state index contributed by atoms with van der Waals surface area (Å²) >= 11 is 6.07. The number of anilines is 1. The molecule has 1 fully saturated rings. The maximum absolute atomic E-state index is 11.8. The number of hydrogen-bond acceptors (Lipinski definition) is 4. The second-order valence-electron chi connectivity index (χ2n) is 5.09. The molecule has 106 valence electrons. The monoisotopic (exact) mass is 285 g/mol. The zero-order valence-electron chi connectivity index (χ0n) is 11.4.